The van der Waals surface area contributed by atoms with Crippen LogP contribution in [0.5, 0.6) is 5.88 Å². The Labute approximate surface area is 164 Å². The van der Waals surface area contributed by atoms with E-state index >= 15 is 0 Å². The predicted molar refractivity (Wildman–Crippen MR) is 110 cm³/mol. The summed E-state index contributed by atoms with van der Waals surface area (Å²) in [5, 5.41) is 3.28. The van der Waals surface area contributed by atoms with E-state index in [-0.39, 0.29) is 1.43 Å². The van der Waals surface area contributed by atoms with Crippen molar-refractivity contribution in [3.05, 3.63) is 12.1 Å². The van der Waals surface area contributed by atoms with E-state index in [2.05, 4.69) is 20.1 Å². The molecule has 0 bridgehead atoms. The SMILES string of the molecule is C1CCNCC1.CC.COOCCOc1cc(N2CCOCC2)cc(N)n1.[HH]. The number of morpholine rings is 1. The Morgan fingerprint density at radius 1 is 1.15 bits per heavy atom. The number of pyridine rings is 1. The maximum atomic E-state index is 5.79. The number of piperidine rings is 1. The number of ether oxygens (including phenoxy) is 2. The molecule has 1 aromatic heterocycles. The monoisotopic (exact) mass is 386 g/mol. The molecular weight excluding hydrogens is 348 g/mol. The Hall–Kier alpha value is -1.61. The first-order valence-electron chi connectivity index (χ1n) is 9.89. The highest BCUT2D eigenvalue weighted by molar-refractivity contribution is 5.55. The van der Waals surface area contributed by atoms with Crippen molar-refractivity contribution in [2.45, 2.75) is 33.1 Å². The van der Waals surface area contributed by atoms with Gasteiger partial charge in [-0.3, -0.25) is 0 Å². The molecule has 2 aliphatic rings. The van der Waals surface area contributed by atoms with Crippen molar-refractivity contribution < 1.29 is 20.7 Å². The van der Waals surface area contributed by atoms with Crippen LogP contribution in [0.3, 0.4) is 0 Å². The van der Waals surface area contributed by atoms with Crippen LogP contribution in [0.2, 0.25) is 0 Å². The van der Waals surface area contributed by atoms with E-state index in [1.807, 2.05) is 26.0 Å². The second-order valence-corrected chi connectivity index (χ2v) is 5.84. The summed E-state index contributed by atoms with van der Waals surface area (Å²) >= 11 is 0. The zero-order valence-electron chi connectivity index (χ0n) is 17.0. The third kappa shape index (κ3) is 10.3. The molecular formula is C19H38N4O4. The summed E-state index contributed by atoms with van der Waals surface area (Å²) in [6, 6.07) is 3.71. The minimum absolute atomic E-state index is 0. The smallest absolute Gasteiger partial charge is 0.217 e. The number of nitrogens with zero attached hydrogens (tertiary/aromatic N) is 2. The zero-order valence-corrected chi connectivity index (χ0v) is 17.0. The Morgan fingerprint density at radius 2 is 1.85 bits per heavy atom. The molecule has 3 N–H and O–H groups in total. The second-order valence-electron chi connectivity index (χ2n) is 5.84. The molecule has 158 valence electrons. The first-order chi connectivity index (χ1) is 13.3. The van der Waals surface area contributed by atoms with Crippen LogP contribution in [0.4, 0.5) is 11.5 Å². The number of anilines is 2. The van der Waals surface area contributed by atoms with E-state index in [1.165, 1.54) is 39.5 Å². The zero-order chi connectivity index (χ0) is 19.7. The van der Waals surface area contributed by atoms with E-state index in [0.717, 1.165) is 32.0 Å². The summed E-state index contributed by atoms with van der Waals surface area (Å²) < 4.78 is 10.8. The molecule has 0 amide bonds. The van der Waals surface area contributed by atoms with Gasteiger partial charge in [0.15, 0.2) is 0 Å². The van der Waals surface area contributed by atoms with Crippen LogP contribution in [0.1, 0.15) is 34.5 Å². The lowest BCUT2D eigenvalue weighted by atomic mass is 10.2. The highest BCUT2D eigenvalue weighted by Crippen LogP contribution is 2.23. The van der Waals surface area contributed by atoms with Gasteiger partial charge < -0.3 is 25.4 Å². The molecule has 27 heavy (non-hydrogen) atoms. The summed E-state index contributed by atoms with van der Waals surface area (Å²) in [6.45, 7) is 10.3. The van der Waals surface area contributed by atoms with E-state index in [1.54, 1.807) is 0 Å². The van der Waals surface area contributed by atoms with Crippen molar-refractivity contribution in [2.24, 2.45) is 0 Å². The maximum Gasteiger partial charge on any atom is 0.217 e. The molecule has 0 unspecified atom stereocenters. The molecule has 3 heterocycles. The summed E-state index contributed by atoms with van der Waals surface area (Å²) in [5.74, 6) is 0.924. The molecule has 0 aliphatic carbocycles. The van der Waals surface area contributed by atoms with Crippen LogP contribution in [0.15, 0.2) is 12.1 Å². The van der Waals surface area contributed by atoms with Gasteiger partial charge in [0.25, 0.3) is 0 Å². The third-order valence-corrected chi connectivity index (χ3v) is 3.92. The van der Waals surface area contributed by atoms with Crippen LogP contribution in [0.25, 0.3) is 0 Å². The summed E-state index contributed by atoms with van der Waals surface area (Å²) in [4.78, 5) is 15.5. The molecule has 0 atom stereocenters. The molecule has 2 saturated heterocycles. The molecule has 3 rings (SSSR count). The summed E-state index contributed by atoms with van der Waals surface area (Å²) in [5.41, 5.74) is 6.79. The Morgan fingerprint density at radius 3 is 2.41 bits per heavy atom. The van der Waals surface area contributed by atoms with Gasteiger partial charge in [0.05, 0.1) is 20.3 Å². The molecule has 0 aromatic carbocycles. The average Bonchev–Trinajstić information content (AvgIpc) is 2.75. The molecule has 8 heteroatoms. The Balaban J connectivity index is 0.000000684. The van der Waals surface area contributed by atoms with Crippen LogP contribution < -0.4 is 20.7 Å². The van der Waals surface area contributed by atoms with E-state index in [9.17, 15) is 0 Å². The van der Waals surface area contributed by atoms with Crippen molar-refractivity contribution in [1.82, 2.24) is 10.3 Å². The molecule has 0 spiro atoms. The largest absolute Gasteiger partial charge is 0.475 e. The van der Waals surface area contributed by atoms with Gasteiger partial charge >= 0.3 is 0 Å². The first-order valence-corrected chi connectivity index (χ1v) is 9.89. The van der Waals surface area contributed by atoms with Gasteiger partial charge in [0, 0.05) is 32.3 Å². The van der Waals surface area contributed by atoms with Crippen molar-refractivity contribution in [3.8, 4) is 5.88 Å². The molecule has 8 nitrogen and oxygen atoms in total. The van der Waals surface area contributed by atoms with Gasteiger partial charge in [0.1, 0.15) is 19.0 Å². The van der Waals surface area contributed by atoms with Crippen LogP contribution >= 0.6 is 0 Å². The van der Waals surface area contributed by atoms with Gasteiger partial charge in [-0.2, -0.15) is 4.98 Å². The van der Waals surface area contributed by atoms with Crippen molar-refractivity contribution in [1.29, 1.82) is 0 Å². The number of nitrogen functional groups attached to an aromatic ring is 1. The molecule has 0 saturated carbocycles. The van der Waals surface area contributed by atoms with Gasteiger partial charge in [0.2, 0.25) is 5.88 Å². The van der Waals surface area contributed by atoms with E-state index in [0.29, 0.717) is 24.9 Å². The van der Waals surface area contributed by atoms with Gasteiger partial charge in [-0.25, -0.2) is 9.78 Å². The lowest BCUT2D eigenvalue weighted by Gasteiger charge is -2.29. The van der Waals surface area contributed by atoms with E-state index in [4.69, 9.17) is 20.1 Å². The summed E-state index contributed by atoms with van der Waals surface area (Å²) in [7, 11) is 1.45. The molecule has 2 fully saturated rings. The van der Waals surface area contributed by atoms with Gasteiger partial charge in [-0.05, 0) is 25.9 Å². The fourth-order valence-corrected chi connectivity index (χ4v) is 2.65. The number of nitrogens with one attached hydrogen (secondary N) is 1. The average molecular weight is 387 g/mol. The lowest BCUT2D eigenvalue weighted by Crippen LogP contribution is -2.36. The van der Waals surface area contributed by atoms with Crippen LogP contribution in [0, 0.1) is 0 Å². The number of nitrogens with two attached hydrogens (primary N) is 1. The predicted octanol–water partition coefficient (Wildman–Crippen LogP) is 2.49. The topological polar surface area (TPSA) is 91.1 Å². The quantitative estimate of drug-likeness (QED) is 0.438. The van der Waals surface area contributed by atoms with Crippen LogP contribution in [-0.4, -0.2) is 64.7 Å². The second kappa shape index (κ2) is 15.4. The maximum absolute atomic E-state index is 5.79. The number of hydrogen-bond acceptors (Lipinski definition) is 8. The Bertz CT molecular complexity index is 475. The van der Waals surface area contributed by atoms with Crippen molar-refractivity contribution in [3.63, 3.8) is 0 Å². The standard InChI is InChI=1S/C12H19N3O4.C5H11N.C2H6.H2/c1-16-19-7-6-18-12-9-10(8-11(13)14-12)15-2-4-17-5-3-15;1-2-4-6-5-3-1;1-2;/h8-9H,2-7H2,1H3,(H2,13,14);6H,1-5H2;1-2H3;1H. The highest BCUT2D eigenvalue weighted by atomic mass is 17.2. The lowest BCUT2D eigenvalue weighted by molar-refractivity contribution is -0.275. The fraction of sp³-hybridized carbons (Fsp3) is 0.737. The van der Waals surface area contributed by atoms with Crippen molar-refractivity contribution >= 4 is 11.5 Å². The minimum atomic E-state index is 0. The molecule has 0 radical (unpaired) electrons. The van der Waals surface area contributed by atoms with E-state index < -0.39 is 0 Å². The molecule has 1 aromatic rings. The van der Waals surface area contributed by atoms with Crippen LogP contribution in [-0.2, 0) is 14.5 Å². The number of hydrogen-bond donors (Lipinski definition) is 2. The third-order valence-electron chi connectivity index (χ3n) is 3.92. The fourth-order valence-electron chi connectivity index (χ4n) is 2.65. The minimum Gasteiger partial charge on any atom is -0.475 e. The Kier molecular flexibility index (Phi) is 13.4. The highest BCUT2D eigenvalue weighted by Gasteiger charge is 2.13. The number of rotatable bonds is 6. The van der Waals surface area contributed by atoms with Gasteiger partial charge in [-0.15, -0.1) is 0 Å². The van der Waals surface area contributed by atoms with Gasteiger partial charge in [-0.1, -0.05) is 20.3 Å². The summed E-state index contributed by atoms with van der Waals surface area (Å²) in [6.07, 6.45) is 4.22. The molecule has 2 aliphatic heterocycles. The number of aromatic nitrogens is 1. The first kappa shape index (κ1) is 23.4. The van der Waals surface area contributed by atoms with Crippen molar-refractivity contribution in [2.75, 3.05) is 70.3 Å². The normalized spacial score (nSPS) is 16.5.